The molecule has 0 unspecified atom stereocenters. The fraction of sp³-hybridized carbons (Fsp3) is 0.143. The van der Waals surface area contributed by atoms with Gasteiger partial charge >= 0.3 is 0 Å². The van der Waals surface area contributed by atoms with Gasteiger partial charge in [0.1, 0.15) is 5.82 Å². The van der Waals surface area contributed by atoms with Gasteiger partial charge in [0, 0.05) is 21.8 Å². The summed E-state index contributed by atoms with van der Waals surface area (Å²) in [5, 5.41) is 2.83. The molecule has 1 amide bonds. The van der Waals surface area contributed by atoms with Crippen molar-refractivity contribution < 1.29 is 4.79 Å². The van der Waals surface area contributed by atoms with Crippen molar-refractivity contribution >= 4 is 29.2 Å². The number of carbonyl (C=O) groups excluding carboxylic acids is 1. The van der Waals surface area contributed by atoms with E-state index in [4.69, 9.17) is 5.73 Å². The van der Waals surface area contributed by atoms with E-state index in [1.54, 1.807) is 30.8 Å². The summed E-state index contributed by atoms with van der Waals surface area (Å²) < 4.78 is 0. The summed E-state index contributed by atoms with van der Waals surface area (Å²) in [6.45, 7) is 1.81. The van der Waals surface area contributed by atoms with Gasteiger partial charge in [0.05, 0.1) is 0 Å². The average Bonchev–Trinajstić information content (AvgIpc) is 2.38. The molecule has 1 aromatic carbocycles. The molecule has 0 saturated heterocycles. The highest BCUT2D eigenvalue weighted by atomic mass is 32.2. The number of benzene rings is 1. The Hall–Kier alpha value is -2.01. The Bertz CT molecular complexity index is 576. The summed E-state index contributed by atoms with van der Waals surface area (Å²) in [4.78, 5) is 17.3. The van der Waals surface area contributed by atoms with Crippen LogP contribution in [0.2, 0.25) is 0 Å². The smallest absolute Gasteiger partial charge is 0.255 e. The average molecular weight is 273 g/mol. The van der Waals surface area contributed by atoms with Crippen molar-refractivity contribution in [3.05, 3.63) is 47.7 Å². The second-order valence-electron chi connectivity index (χ2n) is 4.10. The Morgan fingerprint density at radius 1 is 1.26 bits per heavy atom. The van der Waals surface area contributed by atoms with Gasteiger partial charge in [-0.25, -0.2) is 4.98 Å². The predicted octanol–water partition coefficient (Wildman–Crippen LogP) is 2.95. The topological polar surface area (TPSA) is 68.0 Å². The fourth-order valence-electron chi connectivity index (χ4n) is 1.70. The minimum atomic E-state index is -0.186. The molecule has 1 heterocycles. The van der Waals surface area contributed by atoms with Crippen LogP contribution in [0.25, 0.3) is 0 Å². The highest BCUT2D eigenvalue weighted by molar-refractivity contribution is 7.98. The predicted molar refractivity (Wildman–Crippen MR) is 79.6 cm³/mol. The summed E-state index contributed by atoms with van der Waals surface area (Å²) in [6, 6.07) is 11.0. The first-order chi connectivity index (χ1) is 9.08. The molecule has 5 heteroatoms. The van der Waals surface area contributed by atoms with Crippen LogP contribution in [0.15, 0.2) is 41.3 Å². The third-order valence-corrected chi connectivity index (χ3v) is 3.33. The maximum atomic E-state index is 12.1. The van der Waals surface area contributed by atoms with E-state index in [1.165, 1.54) is 0 Å². The lowest BCUT2D eigenvalue weighted by Crippen LogP contribution is -2.13. The van der Waals surface area contributed by atoms with E-state index in [1.807, 2.05) is 30.5 Å². The van der Waals surface area contributed by atoms with Gasteiger partial charge in [-0.2, -0.15) is 0 Å². The number of nitrogens with zero attached hydrogens (tertiary/aromatic N) is 1. The molecule has 1 aromatic heterocycles. The zero-order valence-electron chi connectivity index (χ0n) is 10.8. The van der Waals surface area contributed by atoms with Crippen molar-refractivity contribution in [2.45, 2.75) is 11.8 Å². The van der Waals surface area contributed by atoms with Crippen molar-refractivity contribution in [3.63, 3.8) is 0 Å². The summed E-state index contributed by atoms with van der Waals surface area (Å²) in [5.41, 5.74) is 7.63. The van der Waals surface area contributed by atoms with Gasteiger partial charge in [-0.15, -0.1) is 11.8 Å². The van der Waals surface area contributed by atoms with Crippen molar-refractivity contribution in [1.29, 1.82) is 0 Å². The van der Waals surface area contributed by atoms with Gasteiger partial charge in [-0.3, -0.25) is 4.79 Å². The Morgan fingerprint density at radius 3 is 2.53 bits per heavy atom. The lowest BCUT2D eigenvalue weighted by atomic mass is 10.2. The van der Waals surface area contributed by atoms with Gasteiger partial charge in [-0.1, -0.05) is 0 Å². The third-order valence-electron chi connectivity index (χ3n) is 2.58. The van der Waals surface area contributed by atoms with Crippen molar-refractivity contribution in [3.8, 4) is 0 Å². The molecular formula is C14H15N3OS. The molecular weight excluding hydrogens is 258 g/mol. The molecule has 0 aliphatic rings. The molecule has 2 rings (SSSR count). The van der Waals surface area contributed by atoms with Crippen LogP contribution in [-0.4, -0.2) is 17.1 Å². The molecule has 0 atom stereocenters. The standard InChI is InChI=1S/C14H15N3OS/c1-9-7-10(8-13(15)16-9)14(18)17-11-3-5-12(19-2)6-4-11/h3-8H,1-2H3,(H2,15,16)(H,17,18). The minimum absolute atomic E-state index is 0.186. The van der Waals surface area contributed by atoms with E-state index in [-0.39, 0.29) is 5.91 Å². The Morgan fingerprint density at radius 2 is 1.95 bits per heavy atom. The van der Waals surface area contributed by atoms with Gasteiger partial charge in [0.25, 0.3) is 5.91 Å². The van der Waals surface area contributed by atoms with Gasteiger partial charge in [-0.05, 0) is 49.6 Å². The number of carbonyl (C=O) groups is 1. The molecule has 2 aromatic rings. The van der Waals surface area contributed by atoms with Gasteiger partial charge < -0.3 is 11.1 Å². The molecule has 0 bridgehead atoms. The van der Waals surface area contributed by atoms with E-state index in [0.717, 1.165) is 16.3 Å². The lowest BCUT2D eigenvalue weighted by Gasteiger charge is -2.07. The molecule has 98 valence electrons. The van der Waals surface area contributed by atoms with Crippen LogP contribution in [0, 0.1) is 6.92 Å². The van der Waals surface area contributed by atoms with Crippen LogP contribution in [-0.2, 0) is 0 Å². The first-order valence-corrected chi connectivity index (χ1v) is 7.00. The van der Waals surface area contributed by atoms with E-state index in [9.17, 15) is 4.79 Å². The zero-order chi connectivity index (χ0) is 13.8. The molecule has 0 aliphatic heterocycles. The first-order valence-electron chi connectivity index (χ1n) is 5.78. The molecule has 4 nitrogen and oxygen atoms in total. The second-order valence-corrected chi connectivity index (χ2v) is 4.98. The van der Waals surface area contributed by atoms with E-state index < -0.39 is 0 Å². The molecule has 0 saturated carbocycles. The molecule has 0 fully saturated rings. The number of rotatable bonds is 3. The number of nitrogen functional groups attached to an aromatic ring is 1. The number of nitrogens with two attached hydrogens (primary N) is 1. The summed E-state index contributed by atoms with van der Waals surface area (Å²) in [5.74, 6) is 0.164. The normalized spacial score (nSPS) is 10.2. The summed E-state index contributed by atoms with van der Waals surface area (Å²) >= 11 is 1.66. The van der Waals surface area contributed by atoms with Crippen LogP contribution in [0.4, 0.5) is 11.5 Å². The number of amides is 1. The number of pyridine rings is 1. The SMILES string of the molecule is CSc1ccc(NC(=O)c2cc(C)nc(N)c2)cc1. The van der Waals surface area contributed by atoms with Crippen LogP contribution in [0.1, 0.15) is 16.1 Å². The lowest BCUT2D eigenvalue weighted by molar-refractivity contribution is 0.102. The number of thioether (sulfide) groups is 1. The molecule has 0 spiro atoms. The highest BCUT2D eigenvalue weighted by Gasteiger charge is 2.08. The molecule has 19 heavy (non-hydrogen) atoms. The van der Waals surface area contributed by atoms with Gasteiger partial charge in [0.2, 0.25) is 0 Å². The highest BCUT2D eigenvalue weighted by Crippen LogP contribution is 2.18. The first kappa shape index (κ1) is 13.4. The molecule has 0 radical (unpaired) electrons. The number of aryl methyl sites for hydroxylation is 1. The Labute approximate surface area is 116 Å². The third kappa shape index (κ3) is 3.48. The quantitative estimate of drug-likeness (QED) is 0.844. The number of aromatic nitrogens is 1. The number of anilines is 2. The van der Waals surface area contributed by atoms with Crippen molar-refractivity contribution in [1.82, 2.24) is 4.98 Å². The van der Waals surface area contributed by atoms with E-state index >= 15 is 0 Å². The number of hydrogen-bond donors (Lipinski definition) is 2. The van der Waals surface area contributed by atoms with E-state index in [0.29, 0.717) is 11.4 Å². The van der Waals surface area contributed by atoms with Crippen LogP contribution in [0.5, 0.6) is 0 Å². The van der Waals surface area contributed by atoms with E-state index in [2.05, 4.69) is 10.3 Å². The van der Waals surface area contributed by atoms with Crippen LogP contribution >= 0.6 is 11.8 Å². The van der Waals surface area contributed by atoms with Crippen molar-refractivity contribution in [2.24, 2.45) is 0 Å². The number of hydrogen-bond acceptors (Lipinski definition) is 4. The summed E-state index contributed by atoms with van der Waals surface area (Å²) in [6.07, 6.45) is 2.01. The van der Waals surface area contributed by atoms with Gasteiger partial charge in [0.15, 0.2) is 0 Å². The second kappa shape index (κ2) is 5.75. The largest absolute Gasteiger partial charge is 0.384 e. The maximum Gasteiger partial charge on any atom is 0.255 e. The Kier molecular flexibility index (Phi) is 4.06. The monoisotopic (exact) mass is 273 g/mol. The molecule has 0 aliphatic carbocycles. The molecule has 3 N–H and O–H groups in total. The zero-order valence-corrected chi connectivity index (χ0v) is 11.6. The van der Waals surface area contributed by atoms with Crippen LogP contribution in [0.3, 0.4) is 0 Å². The fourth-order valence-corrected chi connectivity index (χ4v) is 2.11. The summed E-state index contributed by atoms with van der Waals surface area (Å²) in [7, 11) is 0. The van der Waals surface area contributed by atoms with Crippen LogP contribution < -0.4 is 11.1 Å². The maximum absolute atomic E-state index is 12.1. The number of nitrogens with one attached hydrogen (secondary N) is 1. The Balaban J connectivity index is 2.15. The van der Waals surface area contributed by atoms with Crippen molar-refractivity contribution in [2.75, 3.05) is 17.3 Å². The minimum Gasteiger partial charge on any atom is -0.384 e.